The fourth-order valence-electron chi connectivity index (χ4n) is 1.54. The van der Waals surface area contributed by atoms with E-state index in [2.05, 4.69) is 22.6 Å². The van der Waals surface area contributed by atoms with Crippen molar-refractivity contribution in [2.24, 2.45) is 0 Å². The highest BCUT2D eigenvalue weighted by molar-refractivity contribution is 14.1. The minimum absolute atomic E-state index is 0.356. The molecule has 0 aromatic heterocycles. The van der Waals surface area contributed by atoms with Crippen LogP contribution in [0.25, 0.3) is 0 Å². The van der Waals surface area contributed by atoms with Crippen LogP contribution < -0.4 is 0 Å². The Morgan fingerprint density at radius 2 is 1.69 bits per heavy atom. The van der Waals surface area contributed by atoms with Crippen LogP contribution in [0, 0.1) is 3.57 Å². The van der Waals surface area contributed by atoms with E-state index in [0.717, 1.165) is 3.57 Å². The standard InChI is InChI=1S/C10H12INO3S/c11-9-1-3-10(4-2-9)16(13,14)12-5-7-15-8-6-12/h1-4H,5-8H2. The quantitative estimate of drug-likeness (QED) is 0.754. The average Bonchev–Trinajstić information content (AvgIpc) is 2.31. The van der Waals surface area contributed by atoms with Gasteiger partial charge in [0.25, 0.3) is 0 Å². The number of halogens is 1. The van der Waals surface area contributed by atoms with Crippen molar-refractivity contribution in [3.63, 3.8) is 0 Å². The highest BCUT2D eigenvalue weighted by Gasteiger charge is 2.25. The van der Waals surface area contributed by atoms with E-state index >= 15 is 0 Å². The summed E-state index contributed by atoms with van der Waals surface area (Å²) < 4.78 is 32.0. The Hall–Kier alpha value is -0.180. The van der Waals surface area contributed by atoms with Gasteiger partial charge in [-0.2, -0.15) is 4.31 Å². The molecule has 1 aromatic carbocycles. The van der Waals surface area contributed by atoms with Crippen LogP contribution in [0.3, 0.4) is 0 Å². The lowest BCUT2D eigenvalue weighted by Crippen LogP contribution is -2.40. The number of sulfonamides is 1. The molecule has 1 fully saturated rings. The number of hydrogen-bond donors (Lipinski definition) is 0. The summed E-state index contributed by atoms with van der Waals surface area (Å²) in [5, 5.41) is 0. The molecule has 0 unspecified atom stereocenters. The minimum Gasteiger partial charge on any atom is -0.379 e. The van der Waals surface area contributed by atoms with E-state index in [1.807, 2.05) is 0 Å². The molecular weight excluding hydrogens is 341 g/mol. The number of rotatable bonds is 2. The first-order valence-electron chi connectivity index (χ1n) is 4.94. The molecule has 16 heavy (non-hydrogen) atoms. The van der Waals surface area contributed by atoms with Gasteiger partial charge in [-0.05, 0) is 46.9 Å². The number of nitrogens with zero attached hydrogens (tertiary/aromatic N) is 1. The Morgan fingerprint density at radius 3 is 2.25 bits per heavy atom. The van der Waals surface area contributed by atoms with Gasteiger partial charge in [0.05, 0.1) is 18.1 Å². The van der Waals surface area contributed by atoms with Crippen molar-refractivity contribution in [3.8, 4) is 0 Å². The molecule has 0 amide bonds. The van der Waals surface area contributed by atoms with E-state index in [-0.39, 0.29) is 0 Å². The van der Waals surface area contributed by atoms with Gasteiger partial charge in [-0.1, -0.05) is 0 Å². The maximum absolute atomic E-state index is 12.2. The van der Waals surface area contributed by atoms with Gasteiger partial charge in [-0.15, -0.1) is 0 Å². The minimum atomic E-state index is -3.33. The molecule has 1 aliphatic rings. The van der Waals surface area contributed by atoms with Gasteiger partial charge in [-0.3, -0.25) is 0 Å². The maximum atomic E-state index is 12.2. The van der Waals surface area contributed by atoms with Crippen molar-refractivity contribution in [2.45, 2.75) is 4.90 Å². The monoisotopic (exact) mass is 353 g/mol. The molecule has 0 saturated carbocycles. The molecule has 1 saturated heterocycles. The number of benzene rings is 1. The second kappa shape index (κ2) is 4.99. The van der Waals surface area contributed by atoms with E-state index in [9.17, 15) is 8.42 Å². The molecule has 1 aliphatic heterocycles. The molecule has 1 aromatic rings. The number of hydrogen-bond acceptors (Lipinski definition) is 3. The van der Waals surface area contributed by atoms with Gasteiger partial charge in [0.2, 0.25) is 10.0 Å². The first-order chi connectivity index (χ1) is 7.60. The van der Waals surface area contributed by atoms with E-state index in [1.54, 1.807) is 24.3 Å². The smallest absolute Gasteiger partial charge is 0.243 e. The van der Waals surface area contributed by atoms with Crippen LogP contribution in [-0.4, -0.2) is 39.0 Å². The van der Waals surface area contributed by atoms with Gasteiger partial charge in [-0.25, -0.2) is 8.42 Å². The topological polar surface area (TPSA) is 46.6 Å². The Kier molecular flexibility index (Phi) is 3.83. The summed E-state index contributed by atoms with van der Waals surface area (Å²) in [4.78, 5) is 0.356. The SMILES string of the molecule is O=S(=O)(c1ccc(I)cc1)N1CCOCC1. The molecule has 0 radical (unpaired) electrons. The third-order valence-corrected chi connectivity index (χ3v) is 5.05. The van der Waals surface area contributed by atoms with Gasteiger partial charge in [0, 0.05) is 16.7 Å². The van der Waals surface area contributed by atoms with Crippen molar-refractivity contribution in [1.82, 2.24) is 4.31 Å². The normalized spacial score (nSPS) is 18.6. The molecule has 0 spiro atoms. The first-order valence-corrected chi connectivity index (χ1v) is 7.46. The first kappa shape index (κ1) is 12.3. The van der Waals surface area contributed by atoms with Gasteiger partial charge in [0.15, 0.2) is 0 Å². The second-order valence-electron chi connectivity index (χ2n) is 3.47. The Labute approximate surface area is 109 Å². The zero-order valence-corrected chi connectivity index (χ0v) is 11.6. The van der Waals surface area contributed by atoms with Gasteiger partial charge in [0.1, 0.15) is 0 Å². The lowest BCUT2D eigenvalue weighted by atomic mass is 10.4. The van der Waals surface area contributed by atoms with E-state index in [4.69, 9.17) is 4.74 Å². The van der Waals surface area contributed by atoms with Crippen LogP contribution >= 0.6 is 22.6 Å². The summed E-state index contributed by atoms with van der Waals surface area (Å²) in [5.41, 5.74) is 0. The molecule has 0 bridgehead atoms. The van der Waals surface area contributed by atoms with Crippen molar-refractivity contribution < 1.29 is 13.2 Å². The van der Waals surface area contributed by atoms with Gasteiger partial charge >= 0.3 is 0 Å². The lowest BCUT2D eigenvalue weighted by molar-refractivity contribution is 0.0730. The lowest BCUT2D eigenvalue weighted by Gasteiger charge is -2.26. The molecule has 6 heteroatoms. The highest BCUT2D eigenvalue weighted by Crippen LogP contribution is 2.18. The summed E-state index contributed by atoms with van der Waals surface area (Å²) in [5.74, 6) is 0. The molecule has 4 nitrogen and oxygen atoms in total. The summed E-state index contributed by atoms with van der Waals surface area (Å²) in [6.45, 7) is 1.83. The Morgan fingerprint density at radius 1 is 1.12 bits per heavy atom. The van der Waals surface area contributed by atoms with E-state index in [1.165, 1.54) is 4.31 Å². The largest absolute Gasteiger partial charge is 0.379 e. The molecule has 0 N–H and O–H groups in total. The third-order valence-electron chi connectivity index (χ3n) is 2.42. The van der Waals surface area contributed by atoms with E-state index < -0.39 is 10.0 Å². The number of ether oxygens (including phenoxy) is 1. The Balaban J connectivity index is 2.27. The molecule has 1 heterocycles. The zero-order valence-electron chi connectivity index (χ0n) is 8.60. The van der Waals surface area contributed by atoms with Crippen LogP contribution in [0.1, 0.15) is 0 Å². The van der Waals surface area contributed by atoms with Crippen LogP contribution in [0.4, 0.5) is 0 Å². The highest BCUT2D eigenvalue weighted by atomic mass is 127. The van der Waals surface area contributed by atoms with Crippen LogP contribution in [0.15, 0.2) is 29.2 Å². The summed E-state index contributed by atoms with van der Waals surface area (Å²) >= 11 is 2.15. The molecule has 88 valence electrons. The summed E-state index contributed by atoms with van der Waals surface area (Å²) in [6.07, 6.45) is 0. The Bertz CT molecular complexity index is 451. The average molecular weight is 353 g/mol. The summed E-state index contributed by atoms with van der Waals surface area (Å²) in [6, 6.07) is 6.89. The van der Waals surface area contributed by atoms with Gasteiger partial charge < -0.3 is 4.74 Å². The van der Waals surface area contributed by atoms with Crippen molar-refractivity contribution in [2.75, 3.05) is 26.3 Å². The van der Waals surface area contributed by atoms with Crippen molar-refractivity contribution >= 4 is 32.6 Å². The van der Waals surface area contributed by atoms with Crippen LogP contribution in [0.5, 0.6) is 0 Å². The molecule has 2 rings (SSSR count). The van der Waals surface area contributed by atoms with E-state index in [0.29, 0.717) is 31.2 Å². The predicted octanol–water partition coefficient (Wildman–Crippen LogP) is 1.31. The predicted molar refractivity (Wildman–Crippen MR) is 68.7 cm³/mol. The maximum Gasteiger partial charge on any atom is 0.243 e. The fourth-order valence-corrected chi connectivity index (χ4v) is 3.31. The molecule has 0 aliphatic carbocycles. The molecule has 0 atom stereocenters. The van der Waals surface area contributed by atoms with Crippen molar-refractivity contribution in [3.05, 3.63) is 27.8 Å². The van der Waals surface area contributed by atoms with Crippen LogP contribution in [-0.2, 0) is 14.8 Å². The fraction of sp³-hybridized carbons (Fsp3) is 0.400. The van der Waals surface area contributed by atoms with Crippen molar-refractivity contribution in [1.29, 1.82) is 0 Å². The second-order valence-corrected chi connectivity index (χ2v) is 6.65. The zero-order chi connectivity index (χ0) is 11.6. The third kappa shape index (κ3) is 2.55. The van der Waals surface area contributed by atoms with Crippen LogP contribution in [0.2, 0.25) is 0 Å². The molecular formula is C10H12INO3S. The number of morpholine rings is 1. The summed E-state index contributed by atoms with van der Waals surface area (Å²) in [7, 11) is -3.33.